The molecular weight excluding hydrogens is 293 g/mol. The quantitative estimate of drug-likeness (QED) is 0.685. The van der Waals surface area contributed by atoms with Gasteiger partial charge in [0.15, 0.2) is 0 Å². The van der Waals surface area contributed by atoms with E-state index in [1.807, 2.05) is 0 Å². The molecule has 2 rings (SSSR count). The van der Waals surface area contributed by atoms with Crippen LogP contribution in [0.25, 0.3) is 5.69 Å². The maximum Gasteiger partial charge on any atom is 0.431 e. The first-order valence-electron chi connectivity index (χ1n) is 5.32. The minimum atomic E-state index is -4.68. The van der Waals surface area contributed by atoms with Crippen molar-refractivity contribution in [2.24, 2.45) is 0 Å². The van der Waals surface area contributed by atoms with Gasteiger partial charge in [0.2, 0.25) is 0 Å². The zero-order valence-corrected chi connectivity index (χ0v) is 10.6. The molecule has 0 fully saturated rings. The van der Waals surface area contributed by atoms with Crippen LogP contribution < -0.4 is 5.69 Å². The van der Waals surface area contributed by atoms with Crippen LogP contribution in [0.5, 0.6) is 0 Å². The van der Waals surface area contributed by atoms with Crippen molar-refractivity contribution in [2.45, 2.75) is 6.18 Å². The Hall–Kier alpha value is -2.22. The molecule has 0 unspecified atom stereocenters. The highest BCUT2D eigenvalue weighted by atomic mass is 32.1. The Morgan fingerprint density at radius 2 is 1.95 bits per heavy atom. The number of alkyl halides is 3. The first-order chi connectivity index (χ1) is 9.32. The second-order valence-corrected chi connectivity index (χ2v) is 4.29. The molecule has 0 atom stereocenters. The highest BCUT2D eigenvalue weighted by Crippen LogP contribution is 2.26. The molecule has 0 spiro atoms. The highest BCUT2D eigenvalue weighted by Gasteiger charge is 2.32. The van der Waals surface area contributed by atoms with E-state index < -0.39 is 17.6 Å². The Balaban J connectivity index is 2.67. The molecule has 0 bridgehead atoms. The molecule has 0 radical (unpaired) electrons. The minimum absolute atomic E-state index is 0.217. The summed E-state index contributed by atoms with van der Waals surface area (Å²) in [5.41, 5.74) is -1.73. The van der Waals surface area contributed by atoms with Crippen molar-refractivity contribution in [2.75, 3.05) is 0 Å². The molecule has 1 aromatic heterocycles. The standard InChI is InChI=1S/C12H7F3N2O2S/c13-12(14,15)9-5-10(20)17(11(19)16-9)8-3-1-2-7(4-8)6-18/h1-6H,(H,16,19). The van der Waals surface area contributed by atoms with Crippen LogP contribution in [0.1, 0.15) is 16.1 Å². The second kappa shape index (κ2) is 5.04. The van der Waals surface area contributed by atoms with E-state index in [0.29, 0.717) is 12.4 Å². The predicted molar refractivity (Wildman–Crippen MR) is 67.6 cm³/mol. The largest absolute Gasteiger partial charge is 0.431 e. The Morgan fingerprint density at radius 3 is 2.50 bits per heavy atom. The van der Waals surface area contributed by atoms with E-state index in [-0.39, 0.29) is 15.9 Å². The highest BCUT2D eigenvalue weighted by molar-refractivity contribution is 7.71. The summed E-state index contributed by atoms with van der Waals surface area (Å²) >= 11 is 4.81. The first-order valence-corrected chi connectivity index (χ1v) is 5.73. The molecular formula is C12H7F3N2O2S. The van der Waals surface area contributed by atoms with E-state index in [0.717, 1.165) is 4.57 Å². The van der Waals surface area contributed by atoms with Gasteiger partial charge in [0, 0.05) is 11.6 Å². The Morgan fingerprint density at radius 1 is 1.25 bits per heavy atom. The Kier molecular flexibility index (Phi) is 3.58. The Bertz CT molecular complexity index is 746. The van der Waals surface area contributed by atoms with Crippen LogP contribution in [0, 0.1) is 4.64 Å². The second-order valence-electron chi connectivity index (χ2n) is 3.87. The Labute approximate surface area is 115 Å². The van der Waals surface area contributed by atoms with Gasteiger partial charge in [-0.15, -0.1) is 0 Å². The zero-order chi connectivity index (χ0) is 14.9. The van der Waals surface area contributed by atoms with E-state index in [1.54, 1.807) is 4.98 Å². The normalized spacial score (nSPS) is 11.3. The van der Waals surface area contributed by atoms with E-state index in [4.69, 9.17) is 12.2 Å². The van der Waals surface area contributed by atoms with Crippen LogP contribution in [0.4, 0.5) is 13.2 Å². The van der Waals surface area contributed by atoms with Gasteiger partial charge in [-0.2, -0.15) is 13.2 Å². The van der Waals surface area contributed by atoms with Crippen LogP contribution in [0.2, 0.25) is 0 Å². The van der Waals surface area contributed by atoms with Crippen molar-refractivity contribution < 1.29 is 18.0 Å². The van der Waals surface area contributed by atoms with Crippen LogP contribution in [0.3, 0.4) is 0 Å². The average molecular weight is 300 g/mol. The molecule has 20 heavy (non-hydrogen) atoms. The molecule has 0 saturated carbocycles. The van der Waals surface area contributed by atoms with E-state index in [1.165, 1.54) is 24.3 Å². The SMILES string of the molecule is O=Cc1cccc(-n2c(=S)cc(C(F)(F)F)[nH]c2=O)c1. The van der Waals surface area contributed by atoms with Gasteiger partial charge < -0.3 is 4.98 Å². The van der Waals surface area contributed by atoms with Crippen molar-refractivity contribution in [3.63, 3.8) is 0 Å². The number of hydrogen-bond donors (Lipinski definition) is 1. The summed E-state index contributed by atoms with van der Waals surface area (Å²) in [7, 11) is 0. The van der Waals surface area contributed by atoms with Crippen LogP contribution in [0.15, 0.2) is 35.1 Å². The summed E-state index contributed by atoms with van der Waals surface area (Å²) in [4.78, 5) is 24.2. The summed E-state index contributed by atoms with van der Waals surface area (Å²) in [5, 5.41) is 0. The molecule has 0 aliphatic carbocycles. The van der Waals surface area contributed by atoms with Crippen molar-refractivity contribution in [1.29, 1.82) is 0 Å². The number of carbonyl (C=O) groups is 1. The number of hydrogen-bond acceptors (Lipinski definition) is 3. The molecule has 1 N–H and O–H groups in total. The number of aromatic amines is 1. The first kappa shape index (κ1) is 14.2. The lowest BCUT2D eigenvalue weighted by atomic mass is 10.2. The average Bonchev–Trinajstić information content (AvgIpc) is 2.37. The summed E-state index contributed by atoms with van der Waals surface area (Å²) in [6, 6.07) is 6.47. The van der Waals surface area contributed by atoms with Gasteiger partial charge in [-0.3, -0.25) is 9.36 Å². The number of nitrogens with zero attached hydrogens (tertiary/aromatic N) is 1. The lowest BCUT2D eigenvalue weighted by Gasteiger charge is -2.10. The van der Waals surface area contributed by atoms with Crippen molar-refractivity contribution in [3.05, 3.63) is 56.7 Å². The summed E-state index contributed by atoms with van der Waals surface area (Å²) in [6.07, 6.45) is -4.12. The number of halogens is 3. The topological polar surface area (TPSA) is 54.9 Å². The predicted octanol–water partition coefficient (Wildman–Crippen LogP) is 2.73. The molecule has 0 aliphatic heterocycles. The third kappa shape index (κ3) is 2.69. The number of rotatable bonds is 2. The van der Waals surface area contributed by atoms with E-state index in [2.05, 4.69) is 0 Å². The maximum atomic E-state index is 12.5. The third-order valence-electron chi connectivity index (χ3n) is 2.50. The molecule has 104 valence electrons. The lowest BCUT2D eigenvalue weighted by molar-refractivity contribution is -0.141. The fourth-order valence-electron chi connectivity index (χ4n) is 1.63. The van der Waals surface area contributed by atoms with Gasteiger partial charge in [0.25, 0.3) is 0 Å². The summed E-state index contributed by atoms with van der Waals surface area (Å²) < 4.78 is 38.2. The monoisotopic (exact) mass is 300 g/mol. The molecule has 0 saturated heterocycles. The number of H-pyrrole nitrogens is 1. The molecule has 0 amide bonds. The summed E-state index contributed by atoms with van der Waals surface area (Å²) in [6.45, 7) is 0. The zero-order valence-electron chi connectivity index (χ0n) is 9.77. The maximum absolute atomic E-state index is 12.5. The number of aromatic nitrogens is 2. The number of benzene rings is 1. The number of aldehydes is 1. The summed E-state index contributed by atoms with van der Waals surface area (Å²) in [5.74, 6) is 0. The molecule has 0 aliphatic rings. The van der Waals surface area contributed by atoms with Gasteiger partial charge in [-0.1, -0.05) is 24.4 Å². The van der Waals surface area contributed by atoms with E-state index in [9.17, 15) is 22.8 Å². The lowest BCUT2D eigenvalue weighted by Crippen LogP contribution is -2.26. The third-order valence-corrected chi connectivity index (χ3v) is 2.80. The van der Waals surface area contributed by atoms with E-state index >= 15 is 0 Å². The smallest absolute Gasteiger partial charge is 0.303 e. The van der Waals surface area contributed by atoms with Gasteiger partial charge in [-0.25, -0.2) is 4.79 Å². The van der Waals surface area contributed by atoms with Crippen molar-refractivity contribution in [1.82, 2.24) is 9.55 Å². The van der Waals surface area contributed by atoms with Crippen LogP contribution in [-0.2, 0) is 6.18 Å². The molecule has 1 aromatic carbocycles. The van der Waals surface area contributed by atoms with Crippen LogP contribution >= 0.6 is 12.2 Å². The van der Waals surface area contributed by atoms with Crippen molar-refractivity contribution >= 4 is 18.5 Å². The van der Waals surface area contributed by atoms with Gasteiger partial charge in [0.1, 0.15) is 16.6 Å². The van der Waals surface area contributed by atoms with Gasteiger partial charge >= 0.3 is 11.9 Å². The number of nitrogens with one attached hydrogen (secondary N) is 1. The fourth-order valence-corrected chi connectivity index (χ4v) is 1.94. The van der Waals surface area contributed by atoms with Gasteiger partial charge in [0.05, 0.1) is 5.69 Å². The van der Waals surface area contributed by atoms with Crippen molar-refractivity contribution in [3.8, 4) is 5.69 Å². The van der Waals surface area contributed by atoms with Gasteiger partial charge in [-0.05, 0) is 12.1 Å². The van der Waals surface area contributed by atoms with Crippen LogP contribution in [-0.4, -0.2) is 15.8 Å². The fraction of sp³-hybridized carbons (Fsp3) is 0.0833. The molecule has 8 heteroatoms. The molecule has 1 heterocycles. The number of carbonyl (C=O) groups excluding carboxylic acids is 1. The molecule has 2 aromatic rings. The molecule has 4 nitrogen and oxygen atoms in total. The minimum Gasteiger partial charge on any atom is -0.303 e.